The van der Waals surface area contributed by atoms with Crippen molar-refractivity contribution >= 4 is 36.9 Å². The summed E-state index contributed by atoms with van der Waals surface area (Å²) in [5, 5.41) is 3.65. The summed E-state index contributed by atoms with van der Waals surface area (Å²) in [6.07, 6.45) is 3.83. The number of hydrogen-bond acceptors (Lipinski definition) is 7. The van der Waals surface area contributed by atoms with Crippen molar-refractivity contribution in [2.75, 3.05) is 34.1 Å². The van der Waals surface area contributed by atoms with E-state index < -0.39 is 25.6 Å². The molecular formula is C34H39N4O7Si+. The van der Waals surface area contributed by atoms with E-state index in [1.54, 1.807) is 37.3 Å². The molecule has 6 rings (SSSR count). The topological polar surface area (TPSA) is 114 Å². The summed E-state index contributed by atoms with van der Waals surface area (Å²) >= 11 is 0. The zero-order valence-corrected chi connectivity index (χ0v) is 27.8. The molecule has 2 aliphatic rings. The highest BCUT2D eigenvalue weighted by Crippen LogP contribution is 2.37. The van der Waals surface area contributed by atoms with Gasteiger partial charge >= 0.3 is 6.03 Å². The Labute approximate surface area is 268 Å². The van der Waals surface area contributed by atoms with Crippen LogP contribution in [0, 0.1) is 0 Å². The van der Waals surface area contributed by atoms with Crippen LogP contribution < -0.4 is 19.4 Å². The number of benzene rings is 2. The van der Waals surface area contributed by atoms with Crippen LogP contribution in [-0.4, -0.2) is 69.8 Å². The quantitative estimate of drug-likeness (QED) is 0.105. The molecule has 11 nitrogen and oxygen atoms in total. The molecule has 0 spiro atoms. The van der Waals surface area contributed by atoms with E-state index >= 15 is 0 Å². The molecule has 0 bridgehead atoms. The molecule has 12 heteroatoms. The average molecular weight is 644 g/mol. The number of imide groups is 1. The molecule has 2 aromatic carbocycles. The minimum absolute atomic E-state index is 0.121. The number of aromatic nitrogens is 1. The van der Waals surface area contributed by atoms with Gasteiger partial charge in [0.25, 0.3) is 11.8 Å². The summed E-state index contributed by atoms with van der Waals surface area (Å²) in [5.41, 5.74) is 1.29. The van der Waals surface area contributed by atoms with Gasteiger partial charge in [-0.15, -0.1) is 0 Å². The van der Waals surface area contributed by atoms with Crippen LogP contribution in [0.1, 0.15) is 27.2 Å². The number of rotatable bonds is 12. The molecule has 0 radical (unpaired) electrons. The first-order chi connectivity index (χ1) is 22.0. The second-order valence-corrected chi connectivity index (χ2v) is 18.6. The van der Waals surface area contributed by atoms with Gasteiger partial charge in [0.2, 0.25) is 0 Å². The van der Waals surface area contributed by atoms with Gasteiger partial charge in [0.1, 0.15) is 29.6 Å². The Morgan fingerprint density at radius 3 is 2.43 bits per heavy atom. The number of urea groups is 1. The third kappa shape index (κ3) is 6.10. The molecule has 1 fully saturated rings. The molecule has 1 saturated heterocycles. The number of hydrogen-bond donors (Lipinski definition) is 1. The summed E-state index contributed by atoms with van der Waals surface area (Å²) in [5.74, 6) is 0.807. The highest BCUT2D eigenvalue weighted by atomic mass is 28.3. The van der Waals surface area contributed by atoms with Gasteiger partial charge in [-0.2, -0.15) is 4.57 Å². The van der Waals surface area contributed by atoms with Crippen molar-refractivity contribution in [3.63, 3.8) is 0 Å². The molecule has 4 aromatic rings. The Morgan fingerprint density at radius 2 is 1.72 bits per heavy atom. The van der Waals surface area contributed by atoms with E-state index in [2.05, 4.69) is 25.0 Å². The molecule has 0 aliphatic carbocycles. The lowest BCUT2D eigenvalue weighted by Gasteiger charge is -2.29. The van der Waals surface area contributed by atoms with Crippen LogP contribution in [0.5, 0.6) is 11.5 Å². The zero-order chi connectivity index (χ0) is 32.6. The van der Waals surface area contributed by atoms with Crippen molar-refractivity contribution in [3.05, 3.63) is 89.4 Å². The molecule has 4 amide bonds. The van der Waals surface area contributed by atoms with Gasteiger partial charge in [-0.05, 0) is 54.1 Å². The van der Waals surface area contributed by atoms with Gasteiger partial charge in [0.05, 0.1) is 26.2 Å². The van der Waals surface area contributed by atoms with Crippen molar-refractivity contribution < 1.29 is 37.6 Å². The van der Waals surface area contributed by atoms with Gasteiger partial charge in [-0.25, -0.2) is 9.69 Å². The maximum atomic E-state index is 14.3. The summed E-state index contributed by atoms with van der Waals surface area (Å²) < 4.78 is 24.7. The minimum Gasteiger partial charge on any atom is -0.497 e. The summed E-state index contributed by atoms with van der Waals surface area (Å²) in [7, 11) is 1.80. The van der Waals surface area contributed by atoms with E-state index in [9.17, 15) is 14.4 Å². The number of amides is 4. The lowest BCUT2D eigenvalue weighted by atomic mass is 9.95. The van der Waals surface area contributed by atoms with Crippen LogP contribution >= 0.6 is 0 Å². The number of carbonyl (C=O) groups is 3. The van der Waals surface area contributed by atoms with Crippen LogP contribution in [0.4, 0.5) is 4.79 Å². The largest absolute Gasteiger partial charge is 0.497 e. The van der Waals surface area contributed by atoms with Crippen molar-refractivity contribution in [1.29, 1.82) is 0 Å². The molecule has 1 N–H and O–H groups in total. The van der Waals surface area contributed by atoms with Crippen LogP contribution in [0.2, 0.25) is 25.7 Å². The number of ether oxygens (including phenoxy) is 3. The minimum atomic E-state index is -1.65. The van der Waals surface area contributed by atoms with E-state index in [1.807, 2.05) is 53.4 Å². The number of carbonyl (C=O) groups excluding carboxylic acids is 3. The third-order valence-electron chi connectivity index (χ3n) is 8.47. The molecule has 46 heavy (non-hydrogen) atoms. The van der Waals surface area contributed by atoms with Gasteiger partial charge in [-0.1, -0.05) is 25.7 Å². The van der Waals surface area contributed by atoms with Crippen LogP contribution in [0.15, 0.2) is 71.4 Å². The second kappa shape index (κ2) is 12.3. The maximum absolute atomic E-state index is 14.3. The molecular weight excluding hydrogens is 604 g/mol. The third-order valence-corrected chi connectivity index (χ3v) is 10.2. The number of fused-ring (bicyclic) bond motifs is 2. The Bertz CT molecular complexity index is 1800. The fourth-order valence-electron chi connectivity index (χ4n) is 5.80. The monoisotopic (exact) mass is 643 g/mol. The normalized spacial score (nSPS) is 18.0. The fraction of sp³-hybridized carbons (Fsp3) is 0.353. The van der Waals surface area contributed by atoms with Crippen molar-refractivity contribution in [3.8, 4) is 11.5 Å². The molecule has 240 valence electrons. The van der Waals surface area contributed by atoms with Crippen molar-refractivity contribution in [2.24, 2.45) is 0 Å². The number of methoxy groups -OCH3 is 2. The van der Waals surface area contributed by atoms with Crippen molar-refractivity contribution in [2.45, 2.75) is 44.3 Å². The first kappa shape index (κ1) is 31.3. The van der Waals surface area contributed by atoms with Crippen molar-refractivity contribution in [1.82, 2.24) is 15.1 Å². The lowest BCUT2D eigenvalue weighted by molar-refractivity contribution is -0.687. The Morgan fingerprint density at radius 1 is 0.978 bits per heavy atom. The Hall–Kier alpha value is -4.68. The highest BCUT2D eigenvalue weighted by Gasteiger charge is 2.57. The molecule has 2 aliphatic heterocycles. The fourth-order valence-corrected chi connectivity index (χ4v) is 6.55. The lowest BCUT2D eigenvalue weighted by Crippen LogP contribution is -2.52. The zero-order valence-electron chi connectivity index (χ0n) is 26.8. The number of furan rings is 1. The van der Waals surface area contributed by atoms with Crippen LogP contribution in [0.25, 0.3) is 11.0 Å². The summed E-state index contributed by atoms with van der Waals surface area (Å²) in [6, 6.07) is 17.1. The standard InChI is InChI=1S/C34H38N4O7Si/c1-42-26-9-6-23(7-10-26)18-36-13-12-29-25(19-36)16-30(45-29)34(21-37-20-24-8-11-27(43-2)17-28(24)31(37)39)32(40)38(33(41)35-34)22-44-14-15-46(3,4)5/h6-13,16-17,19H,14-15,18,20-22H2,1-5H3/p+1/t34-/m0/s1. The molecule has 0 unspecified atom stereocenters. The van der Waals surface area contributed by atoms with Gasteiger partial charge < -0.3 is 28.8 Å². The maximum Gasteiger partial charge on any atom is 0.327 e. The van der Waals surface area contributed by atoms with Gasteiger partial charge in [-0.3, -0.25) is 9.59 Å². The number of nitrogens with zero attached hydrogens (tertiary/aromatic N) is 3. The van der Waals surface area contributed by atoms with E-state index in [0.717, 1.165) is 33.2 Å². The molecule has 1 atom stereocenters. The smallest absolute Gasteiger partial charge is 0.327 e. The molecule has 4 heterocycles. The number of nitrogens with one attached hydrogen (secondary N) is 1. The first-order valence-corrected chi connectivity index (χ1v) is 18.9. The highest BCUT2D eigenvalue weighted by molar-refractivity contribution is 6.76. The second-order valence-electron chi connectivity index (χ2n) is 13.0. The summed E-state index contributed by atoms with van der Waals surface area (Å²) in [6.45, 7) is 7.72. The predicted molar refractivity (Wildman–Crippen MR) is 172 cm³/mol. The Balaban J connectivity index is 1.31. The van der Waals surface area contributed by atoms with E-state index in [4.69, 9.17) is 18.6 Å². The molecule has 0 saturated carbocycles. The van der Waals surface area contributed by atoms with Crippen LogP contribution in [0.3, 0.4) is 0 Å². The molecule has 2 aromatic heterocycles. The average Bonchev–Trinajstić information content (AvgIpc) is 3.67. The van der Waals surface area contributed by atoms with Gasteiger partial charge in [0.15, 0.2) is 24.5 Å². The van der Waals surface area contributed by atoms with E-state index in [0.29, 0.717) is 30.0 Å². The van der Waals surface area contributed by atoms with E-state index in [-0.39, 0.29) is 31.5 Å². The number of pyridine rings is 1. The van der Waals surface area contributed by atoms with Gasteiger partial charge in [0, 0.05) is 38.4 Å². The summed E-state index contributed by atoms with van der Waals surface area (Å²) in [4.78, 5) is 43.9. The van der Waals surface area contributed by atoms with E-state index in [1.165, 1.54) is 0 Å². The Kier molecular flexibility index (Phi) is 8.34. The van der Waals surface area contributed by atoms with Crippen LogP contribution in [-0.2, 0) is 28.2 Å². The predicted octanol–water partition coefficient (Wildman–Crippen LogP) is 4.50. The SMILES string of the molecule is COc1ccc(C[n+]2ccc3oc([C@]4(CN5Cc6ccc(OC)cc6C5=O)NC(=O)N(COCC[Si](C)(C)C)C4=O)cc3c2)cc1. The first-order valence-electron chi connectivity index (χ1n) is 15.2.